The Balaban J connectivity index is 2.00. The highest BCUT2D eigenvalue weighted by Gasteiger charge is 2.29. The molecule has 0 saturated carbocycles. The number of aryl methyl sites for hydroxylation is 1. The van der Waals surface area contributed by atoms with Crippen molar-refractivity contribution >= 4 is 21.6 Å². The summed E-state index contributed by atoms with van der Waals surface area (Å²) >= 11 is 0. The third-order valence-corrected chi connectivity index (χ3v) is 5.59. The van der Waals surface area contributed by atoms with E-state index in [2.05, 4.69) is 5.32 Å². The fourth-order valence-electron chi connectivity index (χ4n) is 2.75. The van der Waals surface area contributed by atoms with Gasteiger partial charge in [-0.05, 0) is 31.5 Å². The minimum absolute atomic E-state index is 0.133. The van der Waals surface area contributed by atoms with E-state index in [0.29, 0.717) is 37.6 Å². The molecule has 0 radical (unpaired) electrons. The quantitative estimate of drug-likeness (QED) is 0.849. The van der Waals surface area contributed by atoms with E-state index >= 15 is 0 Å². The van der Waals surface area contributed by atoms with Crippen LogP contribution >= 0.6 is 0 Å². The second-order valence-electron chi connectivity index (χ2n) is 6.07. The number of nitrogens with zero attached hydrogens (tertiary/aromatic N) is 2. The molecule has 1 N–H and O–H groups in total. The normalized spacial score (nSPS) is 18.2. The van der Waals surface area contributed by atoms with Crippen LogP contribution < -0.4 is 10.1 Å². The Morgan fingerprint density at radius 1 is 1.25 bits per heavy atom. The lowest BCUT2D eigenvalue weighted by Crippen LogP contribution is -2.53. The standard InChI is InChI=1S/C16H25N3O4S/c1-12-5-6-15(23-3)14(11-12)17-16(20)13(2)18-7-9-19(10-8-18)24(4,21)22/h5-6,11,13H,7-10H2,1-4H3,(H,17,20). The predicted molar refractivity (Wildman–Crippen MR) is 93.8 cm³/mol. The molecule has 1 aliphatic heterocycles. The molecule has 2 rings (SSSR count). The van der Waals surface area contributed by atoms with Crippen molar-refractivity contribution < 1.29 is 17.9 Å². The van der Waals surface area contributed by atoms with Gasteiger partial charge in [-0.3, -0.25) is 9.69 Å². The van der Waals surface area contributed by atoms with E-state index in [-0.39, 0.29) is 11.9 Å². The summed E-state index contributed by atoms with van der Waals surface area (Å²) < 4.78 is 29.8. The maximum absolute atomic E-state index is 12.5. The first kappa shape index (κ1) is 18.7. The molecule has 24 heavy (non-hydrogen) atoms. The number of rotatable bonds is 5. The minimum Gasteiger partial charge on any atom is -0.495 e. The van der Waals surface area contributed by atoms with E-state index in [1.54, 1.807) is 7.11 Å². The first-order valence-corrected chi connectivity index (χ1v) is 9.72. The van der Waals surface area contributed by atoms with Crippen molar-refractivity contribution in [1.82, 2.24) is 9.21 Å². The van der Waals surface area contributed by atoms with Gasteiger partial charge in [0.25, 0.3) is 0 Å². The zero-order valence-corrected chi connectivity index (χ0v) is 15.4. The Morgan fingerprint density at radius 2 is 1.88 bits per heavy atom. The Morgan fingerprint density at radius 3 is 2.42 bits per heavy atom. The number of ether oxygens (including phenoxy) is 1. The zero-order valence-electron chi connectivity index (χ0n) is 14.6. The zero-order chi connectivity index (χ0) is 17.9. The van der Waals surface area contributed by atoms with E-state index in [1.165, 1.54) is 10.6 Å². The molecular weight excluding hydrogens is 330 g/mol. The number of amides is 1. The predicted octanol–water partition coefficient (Wildman–Crippen LogP) is 0.908. The van der Waals surface area contributed by atoms with Gasteiger partial charge in [-0.1, -0.05) is 6.07 Å². The maximum atomic E-state index is 12.5. The minimum atomic E-state index is -3.17. The number of carbonyl (C=O) groups excluding carboxylic acids is 1. The molecule has 1 aromatic carbocycles. The van der Waals surface area contributed by atoms with Gasteiger partial charge in [0.05, 0.1) is 25.1 Å². The van der Waals surface area contributed by atoms with Crippen molar-refractivity contribution in [1.29, 1.82) is 0 Å². The SMILES string of the molecule is COc1ccc(C)cc1NC(=O)C(C)N1CCN(S(C)(=O)=O)CC1. The molecule has 7 nitrogen and oxygen atoms in total. The van der Waals surface area contributed by atoms with Gasteiger partial charge in [0.2, 0.25) is 15.9 Å². The molecule has 1 fully saturated rings. The third-order valence-electron chi connectivity index (χ3n) is 4.28. The molecule has 0 aromatic heterocycles. The topological polar surface area (TPSA) is 79.0 Å². The number of hydrogen-bond acceptors (Lipinski definition) is 5. The summed E-state index contributed by atoms with van der Waals surface area (Å²) in [6, 6.07) is 5.25. The Labute approximate surface area is 143 Å². The van der Waals surface area contributed by atoms with Crippen LogP contribution in [-0.2, 0) is 14.8 Å². The highest BCUT2D eigenvalue weighted by molar-refractivity contribution is 7.88. The fraction of sp³-hybridized carbons (Fsp3) is 0.562. The van der Waals surface area contributed by atoms with Crippen LogP contribution in [-0.4, -0.2) is 69.1 Å². The Bertz CT molecular complexity index is 697. The lowest BCUT2D eigenvalue weighted by Gasteiger charge is -2.36. The summed E-state index contributed by atoms with van der Waals surface area (Å²) in [5.74, 6) is 0.481. The summed E-state index contributed by atoms with van der Waals surface area (Å²) in [6.45, 7) is 5.66. The lowest BCUT2D eigenvalue weighted by molar-refractivity contribution is -0.121. The molecule has 1 saturated heterocycles. The largest absolute Gasteiger partial charge is 0.495 e. The highest BCUT2D eigenvalue weighted by atomic mass is 32.2. The third kappa shape index (κ3) is 4.46. The first-order valence-electron chi connectivity index (χ1n) is 7.87. The molecule has 1 unspecified atom stereocenters. The molecule has 1 aromatic rings. The molecule has 1 atom stereocenters. The van der Waals surface area contributed by atoms with Crippen LogP contribution in [0.25, 0.3) is 0 Å². The van der Waals surface area contributed by atoms with Gasteiger partial charge in [-0.25, -0.2) is 8.42 Å². The van der Waals surface area contributed by atoms with Gasteiger partial charge in [0, 0.05) is 26.2 Å². The smallest absolute Gasteiger partial charge is 0.241 e. The average molecular weight is 355 g/mol. The molecule has 0 bridgehead atoms. The number of hydrogen-bond donors (Lipinski definition) is 1. The van der Waals surface area contributed by atoms with E-state index in [4.69, 9.17) is 4.74 Å². The van der Waals surface area contributed by atoms with Gasteiger partial charge in [-0.2, -0.15) is 4.31 Å². The van der Waals surface area contributed by atoms with Crippen molar-refractivity contribution in [2.75, 3.05) is 44.9 Å². The van der Waals surface area contributed by atoms with Crippen LogP contribution in [0.4, 0.5) is 5.69 Å². The van der Waals surface area contributed by atoms with Gasteiger partial charge in [0.1, 0.15) is 5.75 Å². The molecule has 1 amide bonds. The maximum Gasteiger partial charge on any atom is 0.241 e. The Kier molecular flexibility index (Phi) is 5.84. The second kappa shape index (κ2) is 7.50. The van der Waals surface area contributed by atoms with Crippen LogP contribution in [0.15, 0.2) is 18.2 Å². The molecule has 8 heteroatoms. The fourth-order valence-corrected chi connectivity index (χ4v) is 3.57. The highest BCUT2D eigenvalue weighted by Crippen LogP contribution is 2.25. The Hall–Kier alpha value is -1.64. The van der Waals surface area contributed by atoms with Crippen LogP contribution in [0, 0.1) is 6.92 Å². The summed E-state index contributed by atoms with van der Waals surface area (Å²) in [5.41, 5.74) is 1.67. The average Bonchev–Trinajstić information content (AvgIpc) is 2.53. The van der Waals surface area contributed by atoms with Gasteiger partial charge in [-0.15, -0.1) is 0 Å². The molecule has 134 valence electrons. The van der Waals surface area contributed by atoms with Crippen molar-refractivity contribution in [3.8, 4) is 5.75 Å². The summed E-state index contributed by atoms with van der Waals surface area (Å²) in [5, 5.41) is 2.90. The van der Waals surface area contributed by atoms with Gasteiger partial charge < -0.3 is 10.1 Å². The van der Waals surface area contributed by atoms with Crippen molar-refractivity contribution in [2.24, 2.45) is 0 Å². The number of nitrogens with one attached hydrogen (secondary N) is 1. The lowest BCUT2D eigenvalue weighted by atomic mass is 10.2. The number of anilines is 1. The number of methoxy groups -OCH3 is 1. The number of carbonyl (C=O) groups is 1. The van der Waals surface area contributed by atoms with Crippen molar-refractivity contribution in [2.45, 2.75) is 19.9 Å². The van der Waals surface area contributed by atoms with Crippen LogP contribution in [0.2, 0.25) is 0 Å². The van der Waals surface area contributed by atoms with Crippen LogP contribution in [0.5, 0.6) is 5.75 Å². The van der Waals surface area contributed by atoms with Gasteiger partial charge >= 0.3 is 0 Å². The summed E-state index contributed by atoms with van der Waals surface area (Å²) in [6.07, 6.45) is 1.21. The number of sulfonamides is 1. The molecule has 1 heterocycles. The summed E-state index contributed by atoms with van der Waals surface area (Å²) in [4.78, 5) is 14.5. The monoisotopic (exact) mass is 355 g/mol. The van der Waals surface area contributed by atoms with Crippen molar-refractivity contribution in [3.05, 3.63) is 23.8 Å². The van der Waals surface area contributed by atoms with E-state index in [9.17, 15) is 13.2 Å². The van der Waals surface area contributed by atoms with Crippen LogP contribution in [0.3, 0.4) is 0 Å². The molecule has 1 aliphatic rings. The van der Waals surface area contributed by atoms with E-state index in [0.717, 1.165) is 5.56 Å². The second-order valence-corrected chi connectivity index (χ2v) is 8.05. The number of piperazine rings is 1. The summed E-state index contributed by atoms with van der Waals surface area (Å²) in [7, 11) is -1.60. The van der Waals surface area contributed by atoms with E-state index < -0.39 is 10.0 Å². The van der Waals surface area contributed by atoms with Crippen LogP contribution in [0.1, 0.15) is 12.5 Å². The molecule has 0 aliphatic carbocycles. The van der Waals surface area contributed by atoms with Gasteiger partial charge in [0.15, 0.2) is 0 Å². The molecule has 0 spiro atoms. The number of benzene rings is 1. The van der Waals surface area contributed by atoms with E-state index in [1.807, 2.05) is 36.9 Å². The first-order chi connectivity index (χ1) is 11.2. The van der Waals surface area contributed by atoms with Crippen molar-refractivity contribution in [3.63, 3.8) is 0 Å². The molecular formula is C16H25N3O4S.